The molecule has 2 aromatic carbocycles. The summed E-state index contributed by atoms with van der Waals surface area (Å²) in [6.07, 6.45) is 0.702. The van der Waals surface area contributed by atoms with Gasteiger partial charge in [0.15, 0.2) is 17.4 Å². The van der Waals surface area contributed by atoms with Gasteiger partial charge in [-0.3, -0.25) is 14.4 Å². The predicted octanol–water partition coefficient (Wildman–Crippen LogP) is 5.17. The average Bonchev–Trinajstić information content (AvgIpc) is 2.76. The number of carbonyl (C=O) groups is 2. The maximum absolute atomic E-state index is 15.1. The molecule has 6 nitrogen and oxygen atoms in total. The lowest BCUT2D eigenvalue weighted by atomic mass is 9.89. The Labute approximate surface area is 186 Å². The van der Waals surface area contributed by atoms with E-state index < -0.39 is 29.8 Å². The van der Waals surface area contributed by atoms with Crippen molar-refractivity contribution in [1.29, 1.82) is 0 Å². The highest BCUT2D eigenvalue weighted by atomic mass is 19.1. The van der Waals surface area contributed by atoms with E-state index in [1.165, 1.54) is 13.0 Å². The van der Waals surface area contributed by atoms with Gasteiger partial charge in [0, 0.05) is 40.6 Å². The van der Waals surface area contributed by atoms with Crippen LogP contribution in [0.2, 0.25) is 0 Å². The van der Waals surface area contributed by atoms with Crippen molar-refractivity contribution in [3.05, 3.63) is 74.9 Å². The highest BCUT2D eigenvalue weighted by molar-refractivity contribution is 6.04. The predicted molar refractivity (Wildman–Crippen MR) is 117 cm³/mol. The monoisotopic (exact) mass is 452 g/mol. The highest BCUT2D eigenvalue weighted by Gasteiger charge is 2.24. The topological polar surface area (TPSA) is 82.8 Å². The summed E-state index contributed by atoms with van der Waals surface area (Å²) in [4.78, 5) is 34.2. The minimum Gasteiger partial charge on any atom is -0.455 e. The number of aryl methyl sites for hydroxylation is 2. The third kappa shape index (κ3) is 3.95. The lowest BCUT2D eigenvalue weighted by molar-refractivity contribution is -0.147. The van der Waals surface area contributed by atoms with Gasteiger partial charge in [0.1, 0.15) is 17.6 Å². The van der Waals surface area contributed by atoms with Gasteiger partial charge in [0.25, 0.3) is 0 Å². The number of hydrogen-bond donors (Lipinski definition) is 0. The standard InChI is InChI=1S/C25H18F2O6/c1-12-6-15(10-28)4-5-16(12)23-17-7-19(26)21(30)9-22(17)33-24-13(2)25(20(27)8-18(23)24)32-11-31-14(3)29/h4-10H,11H2,1-3H3. The van der Waals surface area contributed by atoms with Crippen LogP contribution in [0.1, 0.15) is 28.4 Å². The number of carbonyl (C=O) groups excluding carboxylic acids is 2. The summed E-state index contributed by atoms with van der Waals surface area (Å²) >= 11 is 0. The Morgan fingerprint density at radius 1 is 1.06 bits per heavy atom. The normalized spacial score (nSPS) is 11.1. The molecule has 2 aliphatic rings. The third-order valence-electron chi connectivity index (χ3n) is 5.32. The lowest BCUT2D eigenvalue weighted by Gasteiger charge is -2.19. The number of benzene rings is 3. The average molecular weight is 452 g/mol. The molecule has 8 heteroatoms. The van der Waals surface area contributed by atoms with E-state index in [0.29, 0.717) is 33.9 Å². The molecule has 0 amide bonds. The zero-order valence-electron chi connectivity index (χ0n) is 18.0. The van der Waals surface area contributed by atoms with Crippen LogP contribution in [-0.4, -0.2) is 19.0 Å². The summed E-state index contributed by atoms with van der Waals surface area (Å²) in [5, 5.41) is 0.317. The second-order valence-electron chi connectivity index (χ2n) is 7.54. The Bertz CT molecular complexity index is 1450. The Hall–Kier alpha value is -4.07. The van der Waals surface area contributed by atoms with E-state index in [2.05, 4.69) is 0 Å². The fourth-order valence-electron chi connectivity index (χ4n) is 3.81. The Morgan fingerprint density at radius 3 is 2.48 bits per heavy atom. The molecule has 0 saturated carbocycles. The summed E-state index contributed by atoms with van der Waals surface area (Å²) in [5.41, 5.74) is 2.08. The molecule has 0 bridgehead atoms. The van der Waals surface area contributed by atoms with Crippen LogP contribution < -0.4 is 10.2 Å². The van der Waals surface area contributed by atoms with Crippen molar-refractivity contribution in [3.63, 3.8) is 0 Å². The first-order valence-electron chi connectivity index (χ1n) is 9.92. The van der Waals surface area contributed by atoms with Gasteiger partial charge in [-0.05, 0) is 43.2 Å². The Balaban J connectivity index is 2.07. The molecule has 33 heavy (non-hydrogen) atoms. The molecule has 0 radical (unpaired) electrons. The molecule has 168 valence electrons. The van der Waals surface area contributed by atoms with Crippen LogP contribution >= 0.6 is 0 Å². The maximum atomic E-state index is 15.1. The molecule has 0 aromatic heterocycles. The number of aldehydes is 1. The van der Waals surface area contributed by atoms with Crippen molar-refractivity contribution < 1.29 is 32.3 Å². The smallest absolute Gasteiger partial charge is 0.305 e. The summed E-state index contributed by atoms with van der Waals surface area (Å²) in [7, 11) is 0. The van der Waals surface area contributed by atoms with Crippen molar-refractivity contribution >= 4 is 23.2 Å². The second-order valence-corrected chi connectivity index (χ2v) is 7.54. The van der Waals surface area contributed by atoms with Crippen molar-refractivity contribution in [2.24, 2.45) is 0 Å². The molecular formula is C25H18F2O6. The Morgan fingerprint density at radius 2 is 1.82 bits per heavy atom. The number of fused-ring (bicyclic) bond motifs is 2. The van der Waals surface area contributed by atoms with E-state index in [9.17, 15) is 18.8 Å². The lowest BCUT2D eigenvalue weighted by Crippen LogP contribution is -2.09. The van der Waals surface area contributed by atoms with Crippen LogP contribution in [0.5, 0.6) is 5.75 Å². The molecule has 2 aromatic rings. The molecule has 0 spiro atoms. The van der Waals surface area contributed by atoms with E-state index >= 15 is 4.39 Å². The molecule has 0 saturated heterocycles. The largest absolute Gasteiger partial charge is 0.455 e. The maximum Gasteiger partial charge on any atom is 0.305 e. The minimum atomic E-state index is -0.973. The minimum absolute atomic E-state index is 0.100. The SMILES string of the molecule is CC(=O)OCOc1c(F)cc2c(-c3ccc(C=O)cc3C)c3cc(F)c(=O)cc-3oc2c1C. The molecule has 0 fully saturated rings. The van der Waals surface area contributed by atoms with Crippen molar-refractivity contribution in [3.8, 4) is 28.2 Å². The molecular weight excluding hydrogens is 434 g/mol. The van der Waals surface area contributed by atoms with Gasteiger partial charge in [-0.25, -0.2) is 8.78 Å². The Kier molecular flexibility index (Phi) is 5.68. The quantitative estimate of drug-likeness (QED) is 0.180. The third-order valence-corrected chi connectivity index (χ3v) is 5.32. The fraction of sp³-hybridized carbons (Fsp3) is 0.160. The summed E-state index contributed by atoms with van der Waals surface area (Å²) < 4.78 is 45.3. The van der Waals surface area contributed by atoms with E-state index in [4.69, 9.17) is 13.9 Å². The molecule has 0 unspecified atom stereocenters. The van der Waals surface area contributed by atoms with Crippen LogP contribution in [-0.2, 0) is 9.53 Å². The molecule has 0 atom stereocenters. The van der Waals surface area contributed by atoms with Gasteiger partial charge in [-0.15, -0.1) is 0 Å². The number of rotatable bonds is 5. The molecule has 1 aliphatic heterocycles. The van der Waals surface area contributed by atoms with Gasteiger partial charge in [0.05, 0.1) is 0 Å². The fourth-order valence-corrected chi connectivity index (χ4v) is 3.81. The van der Waals surface area contributed by atoms with E-state index in [1.807, 2.05) is 0 Å². The molecule has 4 rings (SSSR count). The van der Waals surface area contributed by atoms with Crippen LogP contribution in [0.4, 0.5) is 8.78 Å². The van der Waals surface area contributed by atoms with Crippen LogP contribution in [0.3, 0.4) is 0 Å². The summed E-state index contributed by atoms with van der Waals surface area (Å²) in [6, 6.07) is 8.19. The second kappa shape index (κ2) is 8.46. The molecule has 1 heterocycles. The van der Waals surface area contributed by atoms with E-state index in [-0.39, 0.29) is 28.2 Å². The summed E-state index contributed by atoms with van der Waals surface area (Å²) in [5.74, 6) is -2.39. The van der Waals surface area contributed by atoms with Gasteiger partial charge in [-0.2, -0.15) is 0 Å². The number of ether oxygens (including phenoxy) is 2. The van der Waals surface area contributed by atoms with Gasteiger partial charge in [0.2, 0.25) is 12.2 Å². The zero-order valence-corrected chi connectivity index (χ0v) is 18.0. The van der Waals surface area contributed by atoms with Crippen molar-refractivity contribution in [2.45, 2.75) is 20.8 Å². The van der Waals surface area contributed by atoms with Crippen LogP contribution in [0.15, 0.2) is 45.6 Å². The van der Waals surface area contributed by atoms with Crippen LogP contribution in [0, 0.1) is 25.5 Å². The van der Waals surface area contributed by atoms with Gasteiger partial charge in [-0.1, -0.05) is 12.1 Å². The number of esters is 1. The van der Waals surface area contributed by atoms with E-state index in [0.717, 1.165) is 12.1 Å². The van der Waals surface area contributed by atoms with Crippen molar-refractivity contribution in [2.75, 3.05) is 6.79 Å². The van der Waals surface area contributed by atoms with E-state index in [1.54, 1.807) is 32.0 Å². The van der Waals surface area contributed by atoms with Gasteiger partial charge >= 0.3 is 5.97 Å². The highest BCUT2D eigenvalue weighted by Crippen LogP contribution is 2.44. The van der Waals surface area contributed by atoms with Gasteiger partial charge < -0.3 is 13.9 Å². The van der Waals surface area contributed by atoms with Crippen LogP contribution in [0.25, 0.3) is 33.4 Å². The first kappa shape index (κ1) is 22.1. The number of hydrogen-bond acceptors (Lipinski definition) is 6. The molecule has 0 N–H and O–H groups in total. The number of halogens is 2. The molecule has 1 aliphatic carbocycles. The zero-order chi connectivity index (χ0) is 23.9. The summed E-state index contributed by atoms with van der Waals surface area (Å²) in [6.45, 7) is 4.01. The van der Waals surface area contributed by atoms with Crippen molar-refractivity contribution in [1.82, 2.24) is 0 Å². The first-order valence-corrected chi connectivity index (χ1v) is 9.92. The first-order chi connectivity index (χ1) is 15.7.